The molecule has 0 amide bonds. The van der Waals surface area contributed by atoms with Gasteiger partial charge in [0.25, 0.3) is 0 Å². The first-order chi connectivity index (χ1) is 13.0. The molecule has 3 fully saturated rings. The van der Waals surface area contributed by atoms with E-state index in [0.29, 0.717) is 32.1 Å². The lowest BCUT2D eigenvalue weighted by atomic mass is 9.45. The Morgan fingerprint density at radius 2 is 2.04 bits per heavy atom. The first-order valence-corrected chi connectivity index (χ1v) is 10.9. The summed E-state index contributed by atoms with van der Waals surface area (Å²) in [5, 5.41) is 32.1. The molecule has 0 bridgehead atoms. The van der Waals surface area contributed by atoms with E-state index in [0.717, 1.165) is 5.57 Å². The van der Waals surface area contributed by atoms with E-state index in [1.54, 1.807) is 6.08 Å². The summed E-state index contributed by atoms with van der Waals surface area (Å²) in [6.07, 6.45) is 3.74. The molecule has 28 heavy (non-hydrogen) atoms. The third-order valence-electron chi connectivity index (χ3n) is 9.03. The van der Waals surface area contributed by atoms with Crippen LogP contribution in [0.4, 0.5) is 0 Å². The molecule has 0 aromatic heterocycles. The number of rotatable bonds is 2. The standard InChI is InChI=1S/C22H31ClO5/c1-11-6-14-18-15(23)8-12-7-13(25)4-5-20(12,2)19(18)16(26)9-21(14,3)22(11,28)17(27)10-24/h7,11,14-16,18-19,24,26,28H,4-6,8-10H2,1-3H3/t11-,14-,15+,16-,18+,19-,20-,21-,22-/m0/s1. The molecule has 0 aromatic rings. The SMILES string of the molecule is C[C@H]1C[C@H]2[C@H]3[C@H]([C@@H](O)C[C@]2(C)[C@@]1(O)C(=O)CO)[C@@]1(C)CCC(=O)C=C1C[C@H]3Cl. The van der Waals surface area contributed by atoms with E-state index in [2.05, 4.69) is 6.92 Å². The van der Waals surface area contributed by atoms with E-state index in [9.17, 15) is 24.9 Å². The van der Waals surface area contributed by atoms with E-state index in [1.165, 1.54) is 0 Å². The van der Waals surface area contributed by atoms with Crippen molar-refractivity contribution in [3.8, 4) is 0 Å². The molecule has 4 aliphatic rings. The van der Waals surface area contributed by atoms with Crippen LogP contribution < -0.4 is 0 Å². The number of aliphatic hydroxyl groups is 3. The Morgan fingerprint density at radius 1 is 1.36 bits per heavy atom. The topological polar surface area (TPSA) is 94.8 Å². The highest BCUT2D eigenvalue weighted by Gasteiger charge is 2.71. The smallest absolute Gasteiger partial charge is 0.190 e. The first kappa shape index (κ1) is 20.5. The second-order valence-electron chi connectivity index (χ2n) is 10.2. The molecular weight excluding hydrogens is 380 g/mol. The third kappa shape index (κ3) is 2.36. The number of allylic oxidation sites excluding steroid dienone is 1. The van der Waals surface area contributed by atoms with Gasteiger partial charge in [0.15, 0.2) is 11.6 Å². The number of Topliss-reactive ketones (excluding diaryl/α,β-unsaturated/α-hetero) is 1. The molecule has 0 aromatic carbocycles. The maximum atomic E-state index is 12.6. The van der Waals surface area contributed by atoms with Gasteiger partial charge in [-0.1, -0.05) is 26.3 Å². The molecule has 0 aliphatic heterocycles. The van der Waals surface area contributed by atoms with Gasteiger partial charge in [-0.2, -0.15) is 0 Å². The summed E-state index contributed by atoms with van der Waals surface area (Å²) in [4.78, 5) is 24.6. The molecular formula is C22H31ClO5. The maximum Gasteiger partial charge on any atom is 0.190 e. The second-order valence-corrected chi connectivity index (χ2v) is 10.7. The number of carbonyl (C=O) groups excluding carboxylic acids is 2. The summed E-state index contributed by atoms with van der Waals surface area (Å²) in [6.45, 7) is 5.18. The van der Waals surface area contributed by atoms with Gasteiger partial charge in [-0.15, -0.1) is 11.6 Å². The van der Waals surface area contributed by atoms with Crippen LogP contribution in [0.3, 0.4) is 0 Å². The Kier molecular flexibility index (Phi) is 4.67. The summed E-state index contributed by atoms with van der Waals surface area (Å²) in [5.41, 5.74) is -1.73. The van der Waals surface area contributed by atoms with Crippen molar-refractivity contribution < 1.29 is 24.9 Å². The Labute approximate surface area is 171 Å². The number of hydrogen-bond acceptors (Lipinski definition) is 5. The van der Waals surface area contributed by atoms with E-state index in [1.807, 2.05) is 13.8 Å². The zero-order valence-electron chi connectivity index (χ0n) is 16.8. The van der Waals surface area contributed by atoms with Crippen LogP contribution in [0.25, 0.3) is 0 Å². The van der Waals surface area contributed by atoms with Crippen LogP contribution in [-0.2, 0) is 9.59 Å². The van der Waals surface area contributed by atoms with Gasteiger partial charge >= 0.3 is 0 Å². The lowest BCUT2D eigenvalue weighted by molar-refractivity contribution is -0.186. The minimum absolute atomic E-state index is 0.0186. The van der Waals surface area contributed by atoms with E-state index >= 15 is 0 Å². The highest BCUT2D eigenvalue weighted by Crippen LogP contribution is 2.69. The first-order valence-electron chi connectivity index (χ1n) is 10.4. The highest BCUT2D eigenvalue weighted by atomic mass is 35.5. The fourth-order valence-corrected chi connectivity index (χ4v) is 8.15. The number of ketones is 2. The summed E-state index contributed by atoms with van der Waals surface area (Å²) in [7, 11) is 0. The molecule has 156 valence electrons. The van der Waals surface area contributed by atoms with Gasteiger partial charge in [-0.3, -0.25) is 9.59 Å². The molecule has 0 spiro atoms. The molecule has 0 heterocycles. The molecule has 4 aliphatic carbocycles. The van der Waals surface area contributed by atoms with Crippen molar-refractivity contribution in [1.82, 2.24) is 0 Å². The third-order valence-corrected chi connectivity index (χ3v) is 9.48. The Balaban J connectivity index is 1.81. The van der Waals surface area contributed by atoms with Crippen LogP contribution in [0.2, 0.25) is 0 Å². The van der Waals surface area contributed by atoms with Gasteiger partial charge in [-0.05, 0) is 60.8 Å². The Hall–Kier alpha value is -0.750. The van der Waals surface area contributed by atoms with E-state index in [-0.39, 0.29) is 40.2 Å². The summed E-state index contributed by atoms with van der Waals surface area (Å²) in [6, 6.07) is 0. The van der Waals surface area contributed by atoms with Gasteiger partial charge < -0.3 is 15.3 Å². The quantitative estimate of drug-likeness (QED) is 0.607. The number of carbonyl (C=O) groups is 2. The van der Waals surface area contributed by atoms with Crippen LogP contribution >= 0.6 is 11.6 Å². The number of alkyl halides is 1. The molecule has 4 rings (SSSR count). The molecule has 3 saturated carbocycles. The van der Waals surface area contributed by atoms with Crippen molar-refractivity contribution in [3.05, 3.63) is 11.6 Å². The molecule has 0 radical (unpaired) electrons. The van der Waals surface area contributed by atoms with E-state index < -0.39 is 29.5 Å². The van der Waals surface area contributed by atoms with Crippen LogP contribution in [0, 0.1) is 34.5 Å². The summed E-state index contributed by atoms with van der Waals surface area (Å²) < 4.78 is 0. The monoisotopic (exact) mass is 410 g/mol. The molecule has 9 atom stereocenters. The minimum Gasteiger partial charge on any atom is -0.393 e. The minimum atomic E-state index is -1.66. The van der Waals surface area contributed by atoms with Crippen LogP contribution in [0.5, 0.6) is 0 Å². The maximum absolute atomic E-state index is 12.6. The van der Waals surface area contributed by atoms with Gasteiger partial charge in [0.2, 0.25) is 0 Å². The average molecular weight is 411 g/mol. The van der Waals surface area contributed by atoms with E-state index in [4.69, 9.17) is 11.6 Å². The largest absolute Gasteiger partial charge is 0.393 e. The lowest BCUT2D eigenvalue weighted by Gasteiger charge is -2.61. The van der Waals surface area contributed by atoms with Crippen LogP contribution in [0.1, 0.15) is 52.9 Å². The second kappa shape index (κ2) is 6.37. The zero-order valence-corrected chi connectivity index (χ0v) is 17.6. The average Bonchev–Trinajstić information content (AvgIpc) is 2.83. The van der Waals surface area contributed by atoms with Crippen molar-refractivity contribution in [1.29, 1.82) is 0 Å². The van der Waals surface area contributed by atoms with Gasteiger partial charge in [0.1, 0.15) is 12.2 Å². The summed E-state index contributed by atoms with van der Waals surface area (Å²) >= 11 is 6.89. The summed E-state index contributed by atoms with van der Waals surface area (Å²) in [5.74, 6) is -0.909. The van der Waals surface area contributed by atoms with Crippen molar-refractivity contribution >= 4 is 23.2 Å². The highest BCUT2D eigenvalue weighted by molar-refractivity contribution is 6.21. The van der Waals surface area contributed by atoms with Gasteiger partial charge in [0.05, 0.1) is 6.10 Å². The zero-order chi connectivity index (χ0) is 20.6. The number of aliphatic hydroxyl groups excluding tert-OH is 2. The van der Waals surface area contributed by atoms with Crippen LogP contribution in [-0.4, -0.2) is 50.6 Å². The number of hydrogen-bond donors (Lipinski definition) is 3. The van der Waals surface area contributed by atoms with Crippen molar-refractivity contribution in [2.45, 2.75) is 70.0 Å². The predicted octanol–water partition coefficient (Wildman–Crippen LogP) is 2.24. The molecule has 3 N–H and O–H groups in total. The van der Waals surface area contributed by atoms with Crippen molar-refractivity contribution in [2.75, 3.05) is 6.61 Å². The molecule has 5 nitrogen and oxygen atoms in total. The molecule has 6 heteroatoms. The predicted molar refractivity (Wildman–Crippen MR) is 105 cm³/mol. The molecule has 0 saturated heterocycles. The molecule has 0 unspecified atom stereocenters. The lowest BCUT2D eigenvalue weighted by Crippen LogP contribution is -2.64. The number of halogens is 1. The van der Waals surface area contributed by atoms with Crippen LogP contribution in [0.15, 0.2) is 11.6 Å². The Morgan fingerprint density at radius 3 is 2.68 bits per heavy atom. The van der Waals surface area contributed by atoms with Crippen molar-refractivity contribution in [3.63, 3.8) is 0 Å². The van der Waals surface area contributed by atoms with Gasteiger partial charge in [-0.25, -0.2) is 0 Å². The van der Waals surface area contributed by atoms with Crippen molar-refractivity contribution in [2.24, 2.45) is 34.5 Å². The van der Waals surface area contributed by atoms with Gasteiger partial charge in [0, 0.05) is 17.2 Å². The fraction of sp³-hybridized carbons (Fsp3) is 0.818. The number of fused-ring (bicyclic) bond motifs is 5. The Bertz CT molecular complexity index is 749. The normalized spacial score (nSPS) is 53.1. The fourth-order valence-electron chi connectivity index (χ4n) is 7.65.